The largest absolute Gasteiger partial charge is 0.327 e. The lowest BCUT2D eigenvalue weighted by molar-refractivity contribution is 0.177. The molecule has 2 aliphatic rings. The van der Waals surface area contributed by atoms with E-state index in [9.17, 15) is 9.18 Å². The zero-order valence-electron chi connectivity index (χ0n) is 28.6. The van der Waals surface area contributed by atoms with Gasteiger partial charge in [-0.3, -0.25) is 0 Å². The molecule has 40 heavy (non-hydrogen) atoms. The Labute approximate surface area is 249 Å². The summed E-state index contributed by atoms with van der Waals surface area (Å²) >= 11 is 0. The smallest absolute Gasteiger partial charge is 0.321 e. The topological polar surface area (TPSA) is 50.9 Å². The zero-order chi connectivity index (χ0) is 31.3. The molecule has 0 atom stereocenters. The quantitative estimate of drug-likeness (QED) is 0.375. The number of benzene rings is 1. The van der Waals surface area contributed by atoms with Gasteiger partial charge in [0, 0.05) is 25.3 Å². The standard InChI is InChI=1S/C15H22FN3O.C8H18N2.2C3H8.2C2H6/c1-18-9-7-12(8-10-18)11-19(2)15(20)17-14-5-3-13(16)4-6-14;1-3-9-8-4-6-10(2)7-5-8;2*1-3-2;2*1-2/h3-6,12H,7-11H2,1-2H3,(H,17,20);8-9H,3-7H2,1-2H3;2*3H2,1-2H3;2*1-2H3. The number of hydrogen-bond donors (Lipinski definition) is 2. The van der Waals surface area contributed by atoms with Crippen LogP contribution in [0.5, 0.6) is 0 Å². The fourth-order valence-electron chi connectivity index (χ4n) is 3.97. The Kier molecular flexibility index (Phi) is 32.4. The molecular formula is C33H68FN5O. The highest BCUT2D eigenvalue weighted by Crippen LogP contribution is 2.17. The number of piperidine rings is 2. The van der Waals surface area contributed by atoms with E-state index >= 15 is 0 Å². The summed E-state index contributed by atoms with van der Waals surface area (Å²) in [4.78, 5) is 18.5. The van der Waals surface area contributed by atoms with Gasteiger partial charge in [0.2, 0.25) is 0 Å². The Morgan fingerprint density at radius 3 is 1.62 bits per heavy atom. The lowest BCUT2D eigenvalue weighted by atomic mass is 9.97. The summed E-state index contributed by atoms with van der Waals surface area (Å²) < 4.78 is 12.8. The molecule has 2 saturated heterocycles. The van der Waals surface area contributed by atoms with Crippen molar-refractivity contribution in [3.63, 3.8) is 0 Å². The highest BCUT2D eigenvalue weighted by Gasteiger charge is 2.20. The molecule has 2 aliphatic heterocycles. The maximum atomic E-state index is 12.8. The summed E-state index contributed by atoms with van der Waals surface area (Å²) in [5.74, 6) is 0.262. The first kappa shape index (κ1) is 42.8. The lowest BCUT2D eigenvalue weighted by Crippen LogP contribution is -2.40. The minimum absolute atomic E-state index is 0.143. The van der Waals surface area contributed by atoms with E-state index in [4.69, 9.17) is 0 Å². The van der Waals surface area contributed by atoms with Gasteiger partial charge in [0.25, 0.3) is 0 Å². The van der Waals surface area contributed by atoms with Crippen LogP contribution in [0.1, 0.15) is 101 Å². The molecular weight excluding hydrogens is 501 g/mol. The summed E-state index contributed by atoms with van der Waals surface area (Å²) in [6.45, 7) is 25.3. The van der Waals surface area contributed by atoms with Crippen LogP contribution in [0.3, 0.4) is 0 Å². The molecule has 0 bridgehead atoms. The molecule has 2 amide bonds. The third-order valence-corrected chi connectivity index (χ3v) is 6.02. The molecule has 238 valence electrons. The molecule has 6 nitrogen and oxygen atoms in total. The Morgan fingerprint density at radius 2 is 1.23 bits per heavy atom. The highest BCUT2D eigenvalue weighted by molar-refractivity contribution is 5.89. The lowest BCUT2D eigenvalue weighted by Gasteiger charge is -2.31. The van der Waals surface area contributed by atoms with E-state index in [1.807, 2.05) is 27.7 Å². The highest BCUT2D eigenvalue weighted by atomic mass is 19.1. The Bertz CT molecular complexity index is 641. The molecule has 0 unspecified atom stereocenters. The van der Waals surface area contributed by atoms with Crippen molar-refractivity contribution in [3.05, 3.63) is 30.1 Å². The van der Waals surface area contributed by atoms with E-state index in [1.165, 1.54) is 50.9 Å². The maximum Gasteiger partial charge on any atom is 0.321 e. The molecule has 1 aromatic carbocycles. The number of anilines is 1. The molecule has 3 rings (SSSR count). The number of carbonyl (C=O) groups is 1. The van der Waals surface area contributed by atoms with E-state index in [2.05, 4.69) is 69.1 Å². The first-order valence-corrected chi connectivity index (χ1v) is 16.1. The van der Waals surface area contributed by atoms with Crippen LogP contribution >= 0.6 is 0 Å². The summed E-state index contributed by atoms with van der Waals surface area (Å²) in [5, 5.41) is 6.26. The number of rotatable bonds is 5. The molecule has 0 aromatic heterocycles. The van der Waals surface area contributed by atoms with Gasteiger partial charge in [-0.1, -0.05) is 75.2 Å². The van der Waals surface area contributed by atoms with Gasteiger partial charge < -0.3 is 25.3 Å². The first-order chi connectivity index (χ1) is 19.2. The van der Waals surface area contributed by atoms with Crippen molar-refractivity contribution in [2.75, 3.05) is 65.7 Å². The number of nitrogens with zero attached hydrogens (tertiary/aromatic N) is 3. The summed E-state index contributed by atoms with van der Waals surface area (Å²) in [6.07, 6.45) is 7.41. The fourth-order valence-corrected chi connectivity index (χ4v) is 3.97. The van der Waals surface area contributed by atoms with Gasteiger partial charge in [-0.05, 0) is 103 Å². The van der Waals surface area contributed by atoms with Gasteiger partial charge >= 0.3 is 6.03 Å². The van der Waals surface area contributed by atoms with Gasteiger partial charge in [0.15, 0.2) is 0 Å². The SMILES string of the molecule is CC.CC.CCC.CCC.CCNC1CCN(C)CC1.CN1CCC(CN(C)C(=O)Nc2ccc(F)cc2)CC1. The zero-order valence-corrected chi connectivity index (χ0v) is 28.6. The fraction of sp³-hybridized carbons (Fsp3) is 0.788. The van der Waals surface area contributed by atoms with Crippen LogP contribution in [0.4, 0.5) is 14.9 Å². The van der Waals surface area contributed by atoms with Crippen molar-refractivity contribution in [2.45, 2.75) is 107 Å². The molecule has 0 radical (unpaired) electrons. The van der Waals surface area contributed by atoms with Crippen LogP contribution in [0.25, 0.3) is 0 Å². The number of halogens is 1. The predicted molar refractivity (Wildman–Crippen MR) is 177 cm³/mol. The average molecular weight is 570 g/mol. The Balaban J connectivity index is -0.000000571. The van der Waals surface area contributed by atoms with Crippen LogP contribution in [0.2, 0.25) is 0 Å². The van der Waals surface area contributed by atoms with Gasteiger partial charge in [-0.2, -0.15) is 0 Å². The van der Waals surface area contributed by atoms with Crippen molar-refractivity contribution in [2.24, 2.45) is 5.92 Å². The van der Waals surface area contributed by atoms with Crippen LogP contribution in [-0.2, 0) is 0 Å². The number of likely N-dealkylation sites (tertiary alicyclic amines) is 2. The van der Waals surface area contributed by atoms with E-state index < -0.39 is 0 Å². The van der Waals surface area contributed by atoms with E-state index in [1.54, 1.807) is 24.1 Å². The minimum atomic E-state index is -0.303. The van der Waals surface area contributed by atoms with Crippen molar-refractivity contribution < 1.29 is 9.18 Å². The molecule has 0 aliphatic carbocycles. The first-order valence-electron chi connectivity index (χ1n) is 16.1. The normalized spacial score (nSPS) is 15.5. The summed E-state index contributed by atoms with van der Waals surface area (Å²) in [5.41, 5.74) is 0.617. The Morgan fingerprint density at radius 1 is 0.825 bits per heavy atom. The predicted octanol–water partition coefficient (Wildman–Crippen LogP) is 8.21. The maximum absolute atomic E-state index is 12.8. The van der Waals surface area contributed by atoms with Crippen molar-refractivity contribution in [1.29, 1.82) is 0 Å². The third-order valence-electron chi connectivity index (χ3n) is 6.02. The van der Waals surface area contributed by atoms with Gasteiger partial charge in [0.1, 0.15) is 5.82 Å². The molecule has 7 heteroatoms. The monoisotopic (exact) mass is 570 g/mol. The van der Waals surface area contributed by atoms with Gasteiger partial charge in [-0.15, -0.1) is 0 Å². The van der Waals surface area contributed by atoms with E-state index in [-0.39, 0.29) is 11.8 Å². The van der Waals surface area contributed by atoms with Crippen molar-refractivity contribution in [1.82, 2.24) is 20.0 Å². The number of amides is 2. The Hall–Kier alpha value is -1.70. The number of hydrogen-bond acceptors (Lipinski definition) is 4. The van der Waals surface area contributed by atoms with Crippen LogP contribution in [0, 0.1) is 11.7 Å². The second-order valence-electron chi connectivity index (χ2n) is 10.1. The number of carbonyl (C=O) groups excluding carboxylic acids is 1. The minimum Gasteiger partial charge on any atom is -0.327 e. The molecule has 1 aromatic rings. The van der Waals surface area contributed by atoms with Crippen LogP contribution in [0.15, 0.2) is 24.3 Å². The second kappa shape index (κ2) is 30.3. The van der Waals surface area contributed by atoms with Crippen molar-refractivity contribution in [3.8, 4) is 0 Å². The molecule has 2 heterocycles. The van der Waals surface area contributed by atoms with Crippen LogP contribution < -0.4 is 10.6 Å². The van der Waals surface area contributed by atoms with Gasteiger partial charge in [0.05, 0.1) is 0 Å². The van der Waals surface area contributed by atoms with Crippen molar-refractivity contribution >= 4 is 11.7 Å². The molecule has 0 spiro atoms. The third kappa shape index (κ3) is 24.1. The molecule has 2 fully saturated rings. The van der Waals surface area contributed by atoms with Gasteiger partial charge in [-0.25, -0.2) is 9.18 Å². The van der Waals surface area contributed by atoms with E-state index in [0.717, 1.165) is 45.1 Å². The molecule has 2 N–H and O–H groups in total. The second-order valence-corrected chi connectivity index (χ2v) is 10.1. The van der Waals surface area contributed by atoms with Crippen LogP contribution in [-0.4, -0.2) is 87.2 Å². The number of nitrogens with one attached hydrogen (secondary N) is 2. The summed E-state index contributed by atoms with van der Waals surface area (Å²) in [6, 6.07) is 6.46. The number of urea groups is 1. The summed E-state index contributed by atoms with van der Waals surface area (Å²) in [7, 11) is 6.13. The van der Waals surface area contributed by atoms with E-state index in [0.29, 0.717) is 11.6 Å². The molecule has 0 saturated carbocycles. The average Bonchev–Trinajstić information content (AvgIpc) is 2.96.